The van der Waals surface area contributed by atoms with Crippen LogP contribution in [0.15, 0.2) is 53.3 Å². The second-order valence-corrected chi connectivity index (χ2v) is 8.35. The standard InChI is InChI=1S/C23H23NO4S/c25-23-14-22(29-24-23)15-4-6-16(7-5-15)27-21-9-8-19-18(21)2-1-3-20(19)28-17-10-12-26-13-11-17/h1-7,14,17,21H,8-13H2,(H,24,25). The molecule has 1 aliphatic heterocycles. The van der Waals surface area contributed by atoms with Crippen LogP contribution in [0.1, 0.15) is 36.5 Å². The molecule has 0 amide bonds. The van der Waals surface area contributed by atoms with Crippen molar-refractivity contribution in [3.05, 3.63) is 70.0 Å². The van der Waals surface area contributed by atoms with Gasteiger partial charge in [-0.25, -0.2) is 0 Å². The lowest BCUT2D eigenvalue weighted by Gasteiger charge is -2.24. The summed E-state index contributed by atoms with van der Waals surface area (Å²) in [5.74, 6) is 1.84. The van der Waals surface area contributed by atoms with E-state index in [4.69, 9.17) is 14.2 Å². The van der Waals surface area contributed by atoms with Gasteiger partial charge in [-0.15, -0.1) is 0 Å². The minimum absolute atomic E-state index is 0.0393. The van der Waals surface area contributed by atoms with E-state index in [1.807, 2.05) is 24.3 Å². The maximum atomic E-state index is 11.3. The molecular weight excluding hydrogens is 386 g/mol. The Balaban J connectivity index is 1.30. The number of nitrogens with one attached hydrogen (secondary N) is 1. The van der Waals surface area contributed by atoms with Gasteiger partial charge in [-0.05, 0) is 54.3 Å². The van der Waals surface area contributed by atoms with Gasteiger partial charge in [-0.2, -0.15) is 0 Å². The first kappa shape index (κ1) is 18.5. The smallest absolute Gasteiger partial charge is 0.258 e. The van der Waals surface area contributed by atoms with E-state index in [0.717, 1.165) is 60.8 Å². The van der Waals surface area contributed by atoms with Crippen molar-refractivity contribution >= 4 is 11.5 Å². The summed E-state index contributed by atoms with van der Waals surface area (Å²) in [6.45, 7) is 1.56. The second-order valence-electron chi connectivity index (χ2n) is 7.50. The lowest BCUT2D eigenvalue weighted by atomic mass is 10.1. The monoisotopic (exact) mass is 409 g/mol. The Hall–Kier alpha value is -2.57. The third-order valence-corrected chi connectivity index (χ3v) is 6.45. The molecule has 2 heterocycles. The van der Waals surface area contributed by atoms with Crippen LogP contribution >= 0.6 is 11.5 Å². The van der Waals surface area contributed by atoms with Crippen molar-refractivity contribution < 1.29 is 14.2 Å². The summed E-state index contributed by atoms with van der Waals surface area (Å²) < 4.78 is 20.8. The summed E-state index contributed by atoms with van der Waals surface area (Å²) >= 11 is 1.35. The molecule has 1 atom stereocenters. The Morgan fingerprint density at radius 3 is 2.59 bits per heavy atom. The Bertz CT molecular complexity index is 1030. The van der Waals surface area contributed by atoms with Crippen LogP contribution < -0.4 is 15.0 Å². The number of aromatic nitrogens is 1. The molecule has 0 bridgehead atoms. The van der Waals surface area contributed by atoms with Gasteiger partial charge in [0.15, 0.2) is 0 Å². The van der Waals surface area contributed by atoms with Crippen LogP contribution in [-0.2, 0) is 11.2 Å². The van der Waals surface area contributed by atoms with Gasteiger partial charge in [-0.3, -0.25) is 9.17 Å². The predicted octanol–water partition coefficient (Wildman–Crippen LogP) is 4.73. The number of fused-ring (bicyclic) bond motifs is 1. The molecule has 150 valence electrons. The maximum Gasteiger partial charge on any atom is 0.258 e. The van der Waals surface area contributed by atoms with Crippen LogP contribution in [0.4, 0.5) is 0 Å². The average Bonchev–Trinajstić information content (AvgIpc) is 3.37. The maximum absolute atomic E-state index is 11.3. The van der Waals surface area contributed by atoms with Crippen LogP contribution in [-0.4, -0.2) is 23.7 Å². The number of hydrogen-bond donors (Lipinski definition) is 1. The number of ether oxygens (including phenoxy) is 3. The van der Waals surface area contributed by atoms with Crippen molar-refractivity contribution in [3.8, 4) is 21.9 Å². The van der Waals surface area contributed by atoms with Gasteiger partial charge < -0.3 is 14.2 Å². The minimum atomic E-state index is -0.0633. The van der Waals surface area contributed by atoms with Crippen LogP contribution in [0.5, 0.6) is 11.5 Å². The summed E-state index contributed by atoms with van der Waals surface area (Å²) in [5.41, 5.74) is 3.45. The van der Waals surface area contributed by atoms with E-state index >= 15 is 0 Å². The molecule has 2 aromatic carbocycles. The normalized spacial score (nSPS) is 19.1. The number of hydrogen-bond acceptors (Lipinski definition) is 5. The predicted molar refractivity (Wildman–Crippen MR) is 113 cm³/mol. The zero-order chi connectivity index (χ0) is 19.6. The lowest BCUT2D eigenvalue weighted by Crippen LogP contribution is -2.26. The topological polar surface area (TPSA) is 60.6 Å². The van der Waals surface area contributed by atoms with Gasteiger partial charge >= 0.3 is 0 Å². The molecule has 1 N–H and O–H groups in total. The highest BCUT2D eigenvalue weighted by Crippen LogP contribution is 2.40. The second kappa shape index (κ2) is 8.05. The Morgan fingerprint density at radius 1 is 1.00 bits per heavy atom. The van der Waals surface area contributed by atoms with Crippen molar-refractivity contribution in [3.63, 3.8) is 0 Å². The number of benzene rings is 2. The lowest BCUT2D eigenvalue weighted by molar-refractivity contribution is 0.0252. The van der Waals surface area contributed by atoms with E-state index in [2.05, 4.69) is 22.6 Å². The number of rotatable bonds is 5. The van der Waals surface area contributed by atoms with Crippen molar-refractivity contribution in [2.45, 2.75) is 37.9 Å². The fourth-order valence-electron chi connectivity index (χ4n) is 4.08. The molecule has 0 spiro atoms. The minimum Gasteiger partial charge on any atom is -0.490 e. The summed E-state index contributed by atoms with van der Waals surface area (Å²) in [7, 11) is 0. The molecule has 0 saturated carbocycles. The molecule has 5 rings (SSSR count). The van der Waals surface area contributed by atoms with Crippen LogP contribution in [0, 0.1) is 0 Å². The fourth-order valence-corrected chi connectivity index (χ4v) is 4.77. The average molecular weight is 410 g/mol. The Labute approximate surface area is 173 Å². The highest BCUT2D eigenvalue weighted by molar-refractivity contribution is 7.09. The van der Waals surface area contributed by atoms with Gasteiger partial charge in [0.1, 0.15) is 23.7 Å². The molecule has 1 aromatic heterocycles. The fraction of sp³-hybridized carbons (Fsp3) is 0.348. The first-order chi connectivity index (χ1) is 14.3. The van der Waals surface area contributed by atoms with Gasteiger partial charge in [0.25, 0.3) is 5.56 Å². The van der Waals surface area contributed by atoms with Gasteiger partial charge in [0, 0.05) is 24.5 Å². The van der Waals surface area contributed by atoms with Crippen molar-refractivity contribution in [1.29, 1.82) is 0 Å². The highest BCUT2D eigenvalue weighted by Gasteiger charge is 2.28. The first-order valence-corrected chi connectivity index (χ1v) is 10.9. The number of H-pyrrole nitrogens is 1. The first-order valence-electron chi connectivity index (χ1n) is 10.1. The van der Waals surface area contributed by atoms with E-state index in [1.54, 1.807) is 6.07 Å². The molecule has 1 aliphatic carbocycles. The Kier molecular flexibility index (Phi) is 5.12. The zero-order valence-electron chi connectivity index (χ0n) is 16.1. The van der Waals surface area contributed by atoms with E-state index in [-0.39, 0.29) is 17.8 Å². The third-order valence-electron chi connectivity index (χ3n) is 5.58. The molecule has 3 aromatic rings. The van der Waals surface area contributed by atoms with Crippen LogP contribution in [0.2, 0.25) is 0 Å². The molecule has 5 nitrogen and oxygen atoms in total. The molecule has 1 saturated heterocycles. The highest BCUT2D eigenvalue weighted by atomic mass is 32.1. The van der Waals surface area contributed by atoms with E-state index in [1.165, 1.54) is 22.7 Å². The molecule has 6 heteroatoms. The van der Waals surface area contributed by atoms with Gasteiger partial charge in [-0.1, -0.05) is 23.7 Å². The largest absolute Gasteiger partial charge is 0.490 e. The molecule has 29 heavy (non-hydrogen) atoms. The molecule has 1 unspecified atom stereocenters. The Morgan fingerprint density at radius 2 is 1.83 bits per heavy atom. The third kappa shape index (κ3) is 3.95. The van der Waals surface area contributed by atoms with Gasteiger partial charge in [0.2, 0.25) is 0 Å². The summed E-state index contributed by atoms with van der Waals surface area (Å²) in [6, 6.07) is 15.8. The van der Waals surface area contributed by atoms with Crippen molar-refractivity contribution in [2.24, 2.45) is 0 Å². The van der Waals surface area contributed by atoms with E-state index in [9.17, 15) is 4.79 Å². The van der Waals surface area contributed by atoms with Crippen LogP contribution in [0.3, 0.4) is 0 Å². The molecular formula is C23H23NO4S. The zero-order valence-corrected chi connectivity index (χ0v) is 16.9. The quantitative estimate of drug-likeness (QED) is 0.662. The molecule has 2 aliphatic rings. The van der Waals surface area contributed by atoms with E-state index in [0.29, 0.717) is 0 Å². The number of aromatic amines is 1. The van der Waals surface area contributed by atoms with Gasteiger partial charge in [0.05, 0.1) is 18.1 Å². The summed E-state index contributed by atoms with van der Waals surface area (Å²) in [5, 5.41) is 0. The van der Waals surface area contributed by atoms with Crippen molar-refractivity contribution in [1.82, 2.24) is 4.37 Å². The SMILES string of the molecule is O=c1cc(-c2ccc(OC3CCc4c(OC5CCOCC5)cccc43)cc2)s[nH]1. The summed E-state index contributed by atoms with van der Waals surface area (Å²) in [6.07, 6.45) is 4.10. The summed E-state index contributed by atoms with van der Waals surface area (Å²) in [4.78, 5) is 12.3. The van der Waals surface area contributed by atoms with Crippen molar-refractivity contribution in [2.75, 3.05) is 13.2 Å². The van der Waals surface area contributed by atoms with E-state index < -0.39 is 0 Å². The molecule has 0 radical (unpaired) electrons. The molecule has 1 fully saturated rings. The van der Waals surface area contributed by atoms with Crippen LogP contribution in [0.25, 0.3) is 10.4 Å².